The molecular weight excluding hydrogens is 280 g/mol. The van der Waals surface area contributed by atoms with E-state index in [0.29, 0.717) is 0 Å². The van der Waals surface area contributed by atoms with Gasteiger partial charge in [-0.3, -0.25) is 4.79 Å². The molecule has 102 valence electrons. The summed E-state index contributed by atoms with van der Waals surface area (Å²) < 4.78 is 0. The maximum Gasteiger partial charge on any atom is 0.226 e. The number of amides is 1. The number of nitrogens with one attached hydrogen (secondary N) is 1. The van der Waals surface area contributed by atoms with Gasteiger partial charge in [0, 0.05) is 10.3 Å². The van der Waals surface area contributed by atoms with Crippen molar-refractivity contribution in [3.63, 3.8) is 0 Å². The highest BCUT2D eigenvalue weighted by Gasteiger charge is 2.24. The Balaban J connectivity index is 1.87. The second-order valence-corrected chi connectivity index (χ2v) is 6.57. The van der Waals surface area contributed by atoms with Crippen LogP contribution in [-0.4, -0.2) is 22.5 Å². The molecule has 1 amide bonds. The lowest BCUT2D eigenvalue weighted by molar-refractivity contribution is -0.121. The number of hydrogen-bond donors (Lipinski definition) is 2. The minimum absolute atomic E-state index is 0.123. The quantitative estimate of drug-likeness (QED) is 0.888. The Bertz CT molecular complexity index is 547. The number of nitrogens with zero attached hydrogens (tertiary/aromatic N) is 1. The number of aliphatic hydroxyl groups is 1. The standard InChI is InChI=1S/C13H16N2O2S2/c1-9-15-10(7-19-9)6-12(16)14-8-13(2,17)11-4-3-5-18-11/h3-5,7,17H,6,8H2,1-2H3,(H,14,16). The lowest BCUT2D eigenvalue weighted by Crippen LogP contribution is -2.38. The summed E-state index contributed by atoms with van der Waals surface area (Å²) in [6.45, 7) is 3.81. The molecule has 4 nitrogen and oxygen atoms in total. The summed E-state index contributed by atoms with van der Waals surface area (Å²) in [6, 6.07) is 3.74. The smallest absolute Gasteiger partial charge is 0.226 e. The number of rotatable bonds is 5. The lowest BCUT2D eigenvalue weighted by Gasteiger charge is -2.22. The monoisotopic (exact) mass is 296 g/mol. The van der Waals surface area contributed by atoms with E-state index in [1.165, 1.54) is 22.7 Å². The molecule has 0 aliphatic carbocycles. The molecule has 2 N–H and O–H groups in total. The summed E-state index contributed by atoms with van der Waals surface area (Å²) in [5, 5.41) is 17.8. The maximum absolute atomic E-state index is 11.8. The molecule has 0 bridgehead atoms. The largest absolute Gasteiger partial charge is 0.383 e. The summed E-state index contributed by atoms with van der Waals surface area (Å²) in [5.74, 6) is -0.123. The molecule has 0 aromatic carbocycles. The molecule has 0 aliphatic heterocycles. The minimum atomic E-state index is -1.03. The molecule has 1 atom stereocenters. The van der Waals surface area contributed by atoms with E-state index in [2.05, 4.69) is 10.3 Å². The second-order valence-electron chi connectivity index (χ2n) is 4.56. The number of hydrogen-bond acceptors (Lipinski definition) is 5. The molecule has 0 saturated carbocycles. The SMILES string of the molecule is Cc1nc(CC(=O)NCC(C)(O)c2cccs2)cs1. The number of aryl methyl sites for hydroxylation is 1. The molecule has 2 aromatic rings. The first-order valence-electron chi connectivity index (χ1n) is 5.91. The van der Waals surface area contributed by atoms with Gasteiger partial charge >= 0.3 is 0 Å². The third-order valence-corrected chi connectivity index (χ3v) is 4.64. The summed E-state index contributed by atoms with van der Waals surface area (Å²) in [5.41, 5.74) is -0.252. The van der Waals surface area contributed by atoms with Crippen LogP contribution in [0.3, 0.4) is 0 Å². The predicted octanol–water partition coefficient (Wildman–Crippen LogP) is 2.08. The highest BCUT2D eigenvalue weighted by molar-refractivity contribution is 7.10. The molecule has 1 unspecified atom stereocenters. The van der Waals surface area contributed by atoms with E-state index < -0.39 is 5.60 Å². The summed E-state index contributed by atoms with van der Waals surface area (Å²) >= 11 is 3.01. The van der Waals surface area contributed by atoms with E-state index in [4.69, 9.17) is 0 Å². The van der Waals surface area contributed by atoms with E-state index in [1.807, 2.05) is 29.8 Å². The van der Waals surface area contributed by atoms with Crippen molar-refractivity contribution in [2.75, 3.05) is 6.54 Å². The summed E-state index contributed by atoms with van der Waals surface area (Å²) in [4.78, 5) is 16.9. The van der Waals surface area contributed by atoms with Gasteiger partial charge in [-0.1, -0.05) is 6.07 Å². The fourth-order valence-electron chi connectivity index (χ4n) is 1.66. The first-order valence-corrected chi connectivity index (χ1v) is 7.67. The molecule has 2 heterocycles. The van der Waals surface area contributed by atoms with Gasteiger partial charge in [-0.2, -0.15) is 0 Å². The molecule has 19 heavy (non-hydrogen) atoms. The minimum Gasteiger partial charge on any atom is -0.383 e. The van der Waals surface area contributed by atoms with Gasteiger partial charge in [-0.05, 0) is 25.3 Å². The summed E-state index contributed by atoms with van der Waals surface area (Å²) in [7, 11) is 0. The zero-order chi connectivity index (χ0) is 13.9. The third-order valence-electron chi connectivity index (χ3n) is 2.69. The number of thiophene rings is 1. The number of aromatic nitrogens is 1. The van der Waals surface area contributed by atoms with Crippen molar-refractivity contribution in [3.05, 3.63) is 38.5 Å². The zero-order valence-electron chi connectivity index (χ0n) is 10.8. The topological polar surface area (TPSA) is 62.2 Å². The van der Waals surface area contributed by atoms with Crippen molar-refractivity contribution in [3.8, 4) is 0 Å². The molecule has 0 spiro atoms. The van der Waals surface area contributed by atoms with Gasteiger partial charge in [0.1, 0.15) is 5.60 Å². The van der Waals surface area contributed by atoms with Crippen molar-refractivity contribution in [1.29, 1.82) is 0 Å². The fraction of sp³-hybridized carbons (Fsp3) is 0.385. The van der Waals surface area contributed by atoms with Gasteiger partial charge in [-0.25, -0.2) is 4.98 Å². The molecule has 6 heteroatoms. The van der Waals surface area contributed by atoms with Crippen molar-refractivity contribution in [1.82, 2.24) is 10.3 Å². The Morgan fingerprint density at radius 3 is 2.89 bits per heavy atom. The molecular formula is C13H16N2O2S2. The second kappa shape index (κ2) is 5.81. The van der Waals surface area contributed by atoms with Gasteiger partial charge in [-0.15, -0.1) is 22.7 Å². The zero-order valence-corrected chi connectivity index (χ0v) is 12.5. The van der Waals surface area contributed by atoms with Gasteiger partial charge in [0.05, 0.1) is 23.7 Å². The third kappa shape index (κ3) is 3.86. The van der Waals surface area contributed by atoms with Crippen molar-refractivity contribution >= 4 is 28.6 Å². The van der Waals surface area contributed by atoms with Crippen LogP contribution in [0.15, 0.2) is 22.9 Å². The van der Waals surface area contributed by atoms with E-state index in [9.17, 15) is 9.90 Å². The molecule has 0 fully saturated rings. The van der Waals surface area contributed by atoms with Crippen LogP contribution in [0.4, 0.5) is 0 Å². The Morgan fingerprint density at radius 2 is 2.32 bits per heavy atom. The predicted molar refractivity (Wildman–Crippen MR) is 77.5 cm³/mol. The van der Waals surface area contributed by atoms with Gasteiger partial charge in [0.2, 0.25) is 5.91 Å². The van der Waals surface area contributed by atoms with Crippen molar-refractivity contribution < 1.29 is 9.90 Å². The highest BCUT2D eigenvalue weighted by atomic mass is 32.1. The van der Waals surface area contributed by atoms with Crippen LogP contribution in [0, 0.1) is 6.92 Å². The normalized spacial score (nSPS) is 14.1. The fourth-order valence-corrected chi connectivity index (χ4v) is 3.06. The van der Waals surface area contributed by atoms with Gasteiger partial charge in [0.25, 0.3) is 0 Å². The Kier molecular flexibility index (Phi) is 4.34. The number of carbonyl (C=O) groups excluding carboxylic acids is 1. The van der Waals surface area contributed by atoms with E-state index in [0.717, 1.165) is 15.6 Å². The van der Waals surface area contributed by atoms with Crippen LogP contribution < -0.4 is 5.32 Å². The van der Waals surface area contributed by atoms with Crippen LogP contribution in [0.25, 0.3) is 0 Å². The van der Waals surface area contributed by atoms with E-state index >= 15 is 0 Å². The maximum atomic E-state index is 11.8. The molecule has 2 aromatic heterocycles. The average Bonchev–Trinajstić information content (AvgIpc) is 2.98. The lowest BCUT2D eigenvalue weighted by atomic mass is 10.1. The number of thiazole rings is 1. The molecule has 2 rings (SSSR count). The number of carbonyl (C=O) groups is 1. The van der Waals surface area contributed by atoms with Crippen LogP contribution in [-0.2, 0) is 16.8 Å². The van der Waals surface area contributed by atoms with E-state index in [-0.39, 0.29) is 18.9 Å². The Morgan fingerprint density at radius 1 is 1.53 bits per heavy atom. The Labute approximate surface area is 120 Å². The van der Waals surface area contributed by atoms with Crippen LogP contribution in [0.2, 0.25) is 0 Å². The van der Waals surface area contributed by atoms with Crippen LogP contribution in [0.1, 0.15) is 22.5 Å². The molecule has 0 saturated heterocycles. The Hall–Kier alpha value is -1.24. The van der Waals surface area contributed by atoms with Crippen molar-refractivity contribution in [2.45, 2.75) is 25.9 Å². The van der Waals surface area contributed by atoms with Crippen LogP contribution in [0.5, 0.6) is 0 Å². The van der Waals surface area contributed by atoms with Gasteiger partial charge in [0.15, 0.2) is 0 Å². The van der Waals surface area contributed by atoms with Crippen LogP contribution >= 0.6 is 22.7 Å². The van der Waals surface area contributed by atoms with E-state index in [1.54, 1.807) is 6.92 Å². The van der Waals surface area contributed by atoms with Crippen molar-refractivity contribution in [2.24, 2.45) is 0 Å². The van der Waals surface area contributed by atoms with Gasteiger partial charge < -0.3 is 10.4 Å². The average molecular weight is 296 g/mol. The first kappa shape index (κ1) is 14.2. The molecule has 0 radical (unpaired) electrons. The summed E-state index contributed by atoms with van der Waals surface area (Å²) in [6.07, 6.45) is 0.255. The molecule has 0 aliphatic rings. The first-order chi connectivity index (χ1) is 8.97. The highest BCUT2D eigenvalue weighted by Crippen LogP contribution is 2.24.